The highest BCUT2D eigenvalue weighted by Gasteiger charge is 2.23. The lowest BCUT2D eigenvalue weighted by atomic mass is 10.1. The predicted molar refractivity (Wildman–Crippen MR) is 193 cm³/mol. The van der Waals surface area contributed by atoms with Crippen molar-refractivity contribution < 1.29 is 14.4 Å². The van der Waals surface area contributed by atoms with E-state index in [9.17, 15) is 14.4 Å². The van der Waals surface area contributed by atoms with Gasteiger partial charge in [0, 0.05) is 21.8 Å². The van der Waals surface area contributed by atoms with E-state index in [1.807, 2.05) is 74.5 Å². The Morgan fingerprint density at radius 1 is 0.702 bits per heavy atom. The summed E-state index contributed by atoms with van der Waals surface area (Å²) >= 11 is 14.0. The van der Waals surface area contributed by atoms with Crippen LogP contribution in [0.2, 0.25) is 10.0 Å². The van der Waals surface area contributed by atoms with Gasteiger partial charge in [0.25, 0.3) is 11.8 Å². The molecule has 1 unspecified atom stereocenters. The van der Waals surface area contributed by atoms with Gasteiger partial charge in [-0.1, -0.05) is 102 Å². The average Bonchev–Trinajstić information content (AvgIpc) is 3.08. The molecule has 3 amide bonds. The first kappa shape index (κ1) is 33.5. The largest absolute Gasteiger partial charge is 0.324 e. The van der Waals surface area contributed by atoms with Crippen LogP contribution in [0, 0.1) is 13.8 Å². The van der Waals surface area contributed by atoms with Gasteiger partial charge in [-0.25, -0.2) is 0 Å². The number of aryl methyl sites for hydroxylation is 2. The number of hydrogen-bond donors (Lipinski definition) is 3. The molecule has 0 radical (unpaired) electrons. The van der Waals surface area contributed by atoms with E-state index in [2.05, 4.69) is 16.0 Å². The minimum Gasteiger partial charge on any atom is -0.324 e. The minimum absolute atomic E-state index is 0.0196. The second-order valence-electron chi connectivity index (χ2n) is 10.7. The number of hydrogen-bond acceptors (Lipinski definition) is 4. The molecule has 0 aliphatic heterocycles. The van der Waals surface area contributed by atoms with E-state index in [1.165, 1.54) is 17.8 Å². The van der Waals surface area contributed by atoms with Gasteiger partial charge in [0.15, 0.2) is 0 Å². The third-order valence-electron chi connectivity index (χ3n) is 7.25. The predicted octanol–water partition coefficient (Wildman–Crippen LogP) is 9.49. The minimum atomic E-state index is -0.555. The summed E-state index contributed by atoms with van der Waals surface area (Å²) in [6, 6.07) is 36.3. The maximum atomic E-state index is 13.6. The van der Waals surface area contributed by atoms with Crippen LogP contribution in [0.5, 0.6) is 0 Å². The van der Waals surface area contributed by atoms with Gasteiger partial charge >= 0.3 is 0 Å². The van der Waals surface area contributed by atoms with Crippen molar-refractivity contribution in [3.05, 3.63) is 165 Å². The number of carbonyl (C=O) groups excluding carboxylic acids is 3. The zero-order valence-electron chi connectivity index (χ0n) is 25.6. The molecule has 1 atom stereocenters. The Labute approximate surface area is 288 Å². The fourth-order valence-corrected chi connectivity index (χ4v) is 6.17. The summed E-state index contributed by atoms with van der Waals surface area (Å²) in [5.74, 6) is -1.15. The monoisotopic (exact) mass is 679 g/mol. The highest BCUT2D eigenvalue weighted by Crippen LogP contribution is 2.37. The highest BCUT2D eigenvalue weighted by molar-refractivity contribution is 8.00. The summed E-state index contributed by atoms with van der Waals surface area (Å²) in [7, 11) is 0. The van der Waals surface area contributed by atoms with Crippen molar-refractivity contribution in [2.24, 2.45) is 0 Å². The van der Waals surface area contributed by atoms with Gasteiger partial charge in [-0.2, -0.15) is 0 Å². The molecule has 236 valence electrons. The summed E-state index contributed by atoms with van der Waals surface area (Å²) < 4.78 is 0. The van der Waals surface area contributed by atoms with E-state index in [1.54, 1.807) is 60.7 Å². The van der Waals surface area contributed by atoms with Gasteiger partial charge in [-0.15, -0.1) is 11.8 Å². The SMILES string of the molecule is Cc1cccc(C)c1NC(=O)C(Sc1ccc(NC(=O)/C(=C/c2cccc(Cl)c2Cl)NC(=O)c2ccccc2)cc1)c1ccccc1. The third-order valence-corrected chi connectivity index (χ3v) is 9.35. The number of thioether (sulfide) groups is 1. The molecule has 9 heteroatoms. The molecule has 0 aromatic heterocycles. The first-order chi connectivity index (χ1) is 22.7. The molecule has 5 aromatic carbocycles. The molecule has 47 heavy (non-hydrogen) atoms. The Kier molecular flexibility index (Phi) is 11.2. The summed E-state index contributed by atoms with van der Waals surface area (Å²) in [5, 5.41) is 8.72. The Bertz CT molecular complexity index is 1910. The zero-order valence-corrected chi connectivity index (χ0v) is 27.9. The summed E-state index contributed by atoms with van der Waals surface area (Å²) in [5.41, 5.74) is 4.97. The van der Waals surface area contributed by atoms with Crippen molar-refractivity contribution in [2.75, 3.05) is 10.6 Å². The lowest BCUT2D eigenvalue weighted by Crippen LogP contribution is -2.30. The van der Waals surface area contributed by atoms with Gasteiger partial charge < -0.3 is 16.0 Å². The topological polar surface area (TPSA) is 87.3 Å². The van der Waals surface area contributed by atoms with Crippen LogP contribution in [-0.2, 0) is 9.59 Å². The van der Waals surface area contributed by atoms with Crippen LogP contribution < -0.4 is 16.0 Å². The second kappa shape index (κ2) is 15.6. The number of amides is 3. The zero-order chi connectivity index (χ0) is 33.3. The smallest absolute Gasteiger partial charge is 0.272 e. The molecule has 3 N–H and O–H groups in total. The molecule has 0 aliphatic rings. The molecule has 0 aliphatic carbocycles. The lowest BCUT2D eigenvalue weighted by Gasteiger charge is -2.19. The van der Waals surface area contributed by atoms with Crippen LogP contribution in [0.3, 0.4) is 0 Å². The standard InChI is InChI=1S/C38H31Cl2N3O3S/c1-24-11-9-12-25(2)34(24)43-38(46)35(26-13-5-3-6-14-26)47-30-21-19-29(20-22-30)41-37(45)32(23-28-17-10-18-31(39)33(28)40)42-36(44)27-15-7-4-8-16-27/h3-23,35H,1-2H3,(H,41,45)(H,42,44)(H,43,46)/b32-23-. The molecule has 0 fully saturated rings. The molecule has 5 rings (SSSR count). The summed E-state index contributed by atoms with van der Waals surface area (Å²) in [4.78, 5) is 41.0. The summed E-state index contributed by atoms with van der Waals surface area (Å²) in [6.07, 6.45) is 1.48. The number of carbonyl (C=O) groups is 3. The van der Waals surface area contributed by atoms with Gasteiger partial charge in [0.1, 0.15) is 10.9 Å². The highest BCUT2D eigenvalue weighted by atomic mass is 35.5. The van der Waals surface area contributed by atoms with E-state index in [-0.39, 0.29) is 16.6 Å². The van der Waals surface area contributed by atoms with Gasteiger partial charge in [-0.3, -0.25) is 14.4 Å². The van der Waals surface area contributed by atoms with Crippen molar-refractivity contribution in [1.29, 1.82) is 0 Å². The quantitative estimate of drug-likeness (QED) is 0.101. The maximum absolute atomic E-state index is 13.6. The van der Waals surface area contributed by atoms with Crippen LogP contribution in [0.15, 0.2) is 132 Å². The van der Waals surface area contributed by atoms with Crippen LogP contribution in [0.25, 0.3) is 6.08 Å². The van der Waals surface area contributed by atoms with Crippen molar-refractivity contribution in [2.45, 2.75) is 24.0 Å². The van der Waals surface area contributed by atoms with Crippen molar-refractivity contribution >= 4 is 70.1 Å². The van der Waals surface area contributed by atoms with Crippen molar-refractivity contribution in [3.8, 4) is 0 Å². The van der Waals surface area contributed by atoms with Crippen LogP contribution in [0.4, 0.5) is 11.4 Å². The first-order valence-corrected chi connectivity index (χ1v) is 16.4. The number of halogens is 2. The van der Waals surface area contributed by atoms with E-state index in [0.717, 1.165) is 27.3 Å². The van der Waals surface area contributed by atoms with Crippen LogP contribution in [0.1, 0.15) is 37.9 Å². The van der Waals surface area contributed by atoms with Crippen LogP contribution >= 0.6 is 35.0 Å². The first-order valence-electron chi connectivity index (χ1n) is 14.7. The molecular weight excluding hydrogens is 649 g/mol. The molecule has 5 aromatic rings. The molecule has 6 nitrogen and oxygen atoms in total. The Morgan fingerprint density at radius 2 is 1.32 bits per heavy atom. The fourth-order valence-electron chi connectivity index (χ4n) is 4.78. The number of benzene rings is 5. The van der Waals surface area contributed by atoms with E-state index < -0.39 is 17.1 Å². The normalized spacial score (nSPS) is 11.8. The van der Waals surface area contributed by atoms with Gasteiger partial charge in [-0.05, 0) is 84.6 Å². The third kappa shape index (κ3) is 8.71. The maximum Gasteiger partial charge on any atom is 0.272 e. The number of nitrogens with one attached hydrogen (secondary N) is 3. The number of rotatable bonds is 10. The fraction of sp³-hybridized carbons (Fsp3) is 0.0789. The van der Waals surface area contributed by atoms with Crippen LogP contribution in [-0.4, -0.2) is 17.7 Å². The van der Waals surface area contributed by atoms with Crippen molar-refractivity contribution in [3.63, 3.8) is 0 Å². The van der Waals surface area contributed by atoms with E-state index in [4.69, 9.17) is 23.2 Å². The Morgan fingerprint density at radius 3 is 1.98 bits per heavy atom. The molecule has 0 spiro atoms. The molecule has 0 bridgehead atoms. The molecule has 0 saturated carbocycles. The second-order valence-corrected chi connectivity index (χ2v) is 12.6. The molecule has 0 heterocycles. The number of para-hydroxylation sites is 1. The lowest BCUT2D eigenvalue weighted by molar-refractivity contribution is -0.116. The van der Waals surface area contributed by atoms with E-state index >= 15 is 0 Å². The van der Waals surface area contributed by atoms with Gasteiger partial charge in [0.2, 0.25) is 5.91 Å². The van der Waals surface area contributed by atoms with Crippen molar-refractivity contribution in [1.82, 2.24) is 5.32 Å². The van der Waals surface area contributed by atoms with E-state index in [0.29, 0.717) is 21.8 Å². The Balaban J connectivity index is 1.35. The molecular formula is C38H31Cl2N3O3S. The summed E-state index contributed by atoms with van der Waals surface area (Å²) in [6.45, 7) is 3.94. The van der Waals surface area contributed by atoms with Gasteiger partial charge in [0.05, 0.1) is 10.0 Å². The average molecular weight is 681 g/mol. The Hall–Kier alpha value is -4.82. The number of anilines is 2. The molecule has 0 saturated heterocycles.